The number of hydrogen-bond donors (Lipinski definition) is 2. The molecule has 0 aliphatic heterocycles. The van der Waals surface area contributed by atoms with Gasteiger partial charge in [0.15, 0.2) is 0 Å². The molecular weight excluding hydrogens is 294 g/mol. The Hall–Kier alpha value is -1.59. The summed E-state index contributed by atoms with van der Waals surface area (Å²) in [4.78, 5) is 22.7. The van der Waals surface area contributed by atoms with Gasteiger partial charge in [0.05, 0.1) is 6.61 Å². The number of carbonyl (C=O) groups excluding carboxylic acids is 1. The fourth-order valence-electron chi connectivity index (χ4n) is 1.84. The van der Waals surface area contributed by atoms with Crippen LogP contribution in [0.5, 0.6) is 0 Å². The molecule has 6 heteroatoms. The maximum absolute atomic E-state index is 11.8. The predicted octanol–water partition coefficient (Wildman–Crippen LogP) is 2.04. The van der Waals surface area contributed by atoms with Gasteiger partial charge in [-0.1, -0.05) is 30.3 Å². The van der Waals surface area contributed by atoms with E-state index in [2.05, 4.69) is 5.32 Å². The maximum Gasteiger partial charge on any atom is 0.323 e. The van der Waals surface area contributed by atoms with Gasteiger partial charge in [-0.05, 0) is 32.3 Å². The highest BCUT2D eigenvalue weighted by Crippen LogP contribution is 2.07. The van der Waals surface area contributed by atoms with Gasteiger partial charge in [0.2, 0.25) is 0 Å². The SMILES string of the molecule is CCOC(=O)[C@H](CCc1ccccc1)N[C@@H](C)C(=O)O.Cl. The third-order valence-electron chi connectivity index (χ3n) is 2.96. The van der Waals surface area contributed by atoms with Gasteiger partial charge in [-0.25, -0.2) is 0 Å². The molecule has 0 radical (unpaired) electrons. The molecule has 0 saturated heterocycles. The minimum atomic E-state index is -0.987. The third kappa shape index (κ3) is 7.11. The Labute approximate surface area is 131 Å². The first kappa shape index (κ1) is 19.4. The zero-order chi connectivity index (χ0) is 15.0. The number of nitrogens with one attached hydrogen (secondary N) is 1. The molecule has 2 atom stereocenters. The molecule has 0 saturated carbocycles. The second-order valence-electron chi connectivity index (χ2n) is 4.56. The van der Waals surface area contributed by atoms with Crippen LogP contribution in [-0.2, 0) is 20.7 Å². The zero-order valence-corrected chi connectivity index (χ0v) is 13.1. The fraction of sp³-hybridized carbons (Fsp3) is 0.467. The van der Waals surface area contributed by atoms with Gasteiger partial charge >= 0.3 is 11.9 Å². The number of esters is 1. The summed E-state index contributed by atoms with van der Waals surface area (Å²) in [5, 5.41) is 11.7. The van der Waals surface area contributed by atoms with E-state index >= 15 is 0 Å². The number of benzene rings is 1. The Morgan fingerprint density at radius 1 is 1.29 bits per heavy atom. The van der Waals surface area contributed by atoms with Gasteiger partial charge in [0.25, 0.3) is 0 Å². The Balaban J connectivity index is 0.00000400. The van der Waals surface area contributed by atoms with Crippen molar-refractivity contribution in [3.05, 3.63) is 35.9 Å². The van der Waals surface area contributed by atoms with E-state index < -0.39 is 24.0 Å². The highest BCUT2D eigenvalue weighted by atomic mass is 35.5. The van der Waals surface area contributed by atoms with Gasteiger partial charge in [-0.15, -0.1) is 12.4 Å². The summed E-state index contributed by atoms with van der Waals surface area (Å²) in [6, 6.07) is 8.34. The topological polar surface area (TPSA) is 75.6 Å². The Bertz CT molecular complexity index is 439. The first-order valence-corrected chi connectivity index (χ1v) is 6.74. The largest absolute Gasteiger partial charge is 0.480 e. The van der Waals surface area contributed by atoms with Crippen molar-refractivity contribution in [2.75, 3.05) is 6.61 Å². The van der Waals surface area contributed by atoms with Crippen LogP contribution in [0.3, 0.4) is 0 Å². The molecule has 0 heterocycles. The maximum atomic E-state index is 11.8. The van der Waals surface area contributed by atoms with Gasteiger partial charge in [-0.3, -0.25) is 14.9 Å². The average Bonchev–Trinajstić information content (AvgIpc) is 2.44. The number of carboxylic acid groups (broad SMARTS) is 1. The van der Waals surface area contributed by atoms with E-state index in [4.69, 9.17) is 9.84 Å². The van der Waals surface area contributed by atoms with Crippen molar-refractivity contribution in [2.24, 2.45) is 0 Å². The van der Waals surface area contributed by atoms with Crippen LogP contribution in [-0.4, -0.2) is 35.7 Å². The summed E-state index contributed by atoms with van der Waals surface area (Å²) in [5.41, 5.74) is 1.10. The van der Waals surface area contributed by atoms with Crippen LogP contribution in [0.25, 0.3) is 0 Å². The normalized spacial score (nSPS) is 12.9. The summed E-state index contributed by atoms with van der Waals surface area (Å²) < 4.78 is 4.98. The molecule has 21 heavy (non-hydrogen) atoms. The van der Waals surface area contributed by atoms with Crippen LogP contribution in [0.4, 0.5) is 0 Å². The van der Waals surface area contributed by atoms with Crippen LogP contribution in [0, 0.1) is 0 Å². The molecule has 0 amide bonds. The highest BCUT2D eigenvalue weighted by Gasteiger charge is 2.24. The molecule has 1 aromatic rings. The molecule has 0 aromatic heterocycles. The number of halogens is 1. The van der Waals surface area contributed by atoms with E-state index in [9.17, 15) is 9.59 Å². The van der Waals surface area contributed by atoms with E-state index in [1.807, 2.05) is 30.3 Å². The van der Waals surface area contributed by atoms with Crippen molar-refractivity contribution in [3.8, 4) is 0 Å². The van der Waals surface area contributed by atoms with E-state index in [1.54, 1.807) is 6.92 Å². The number of ether oxygens (including phenoxy) is 1. The average molecular weight is 316 g/mol. The van der Waals surface area contributed by atoms with Gasteiger partial charge in [0, 0.05) is 0 Å². The molecule has 2 N–H and O–H groups in total. The quantitative estimate of drug-likeness (QED) is 0.718. The van der Waals surface area contributed by atoms with Gasteiger partial charge < -0.3 is 9.84 Å². The lowest BCUT2D eigenvalue weighted by atomic mass is 10.0. The third-order valence-corrected chi connectivity index (χ3v) is 2.96. The molecule has 0 unspecified atom stereocenters. The minimum absolute atomic E-state index is 0. The summed E-state index contributed by atoms with van der Waals surface area (Å²) in [6.45, 7) is 3.52. The van der Waals surface area contributed by atoms with Crippen LogP contribution < -0.4 is 5.32 Å². The number of hydrogen-bond acceptors (Lipinski definition) is 4. The first-order chi connectivity index (χ1) is 9.54. The van der Waals surface area contributed by atoms with Crippen LogP contribution in [0.15, 0.2) is 30.3 Å². The molecule has 0 aliphatic rings. The van der Waals surface area contributed by atoms with E-state index in [0.717, 1.165) is 5.56 Å². The lowest BCUT2D eigenvalue weighted by Crippen LogP contribution is -2.46. The molecular formula is C15H22ClNO4. The lowest BCUT2D eigenvalue weighted by molar-refractivity contribution is -0.147. The molecule has 1 aromatic carbocycles. The summed E-state index contributed by atoms with van der Waals surface area (Å²) >= 11 is 0. The first-order valence-electron chi connectivity index (χ1n) is 6.74. The fourth-order valence-corrected chi connectivity index (χ4v) is 1.84. The molecule has 118 valence electrons. The summed E-state index contributed by atoms with van der Waals surface area (Å²) in [5.74, 6) is -1.39. The van der Waals surface area contributed by atoms with Crippen LogP contribution in [0.1, 0.15) is 25.8 Å². The van der Waals surface area contributed by atoms with Crippen molar-refractivity contribution in [1.29, 1.82) is 0 Å². The number of carbonyl (C=O) groups is 2. The molecule has 0 fully saturated rings. The second kappa shape index (κ2) is 10.2. The number of rotatable bonds is 8. The van der Waals surface area contributed by atoms with Crippen LogP contribution >= 0.6 is 12.4 Å². The smallest absolute Gasteiger partial charge is 0.323 e. The molecule has 0 spiro atoms. The Morgan fingerprint density at radius 3 is 2.43 bits per heavy atom. The number of carboxylic acids is 1. The molecule has 0 bridgehead atoms. The van der Waals surface area contributed by atoms with Crippen molar-refractivity contribution >= 4 is 24.3 Å². The molecule has 5 nitrogen and oxygen atoms in total. The summed E-state index contributed by atoms with van der Waals surface area (Å²) in [6.07, 6.45) is 1.18. The summed E-state index contributed by atoms with van der Waals surface area (Å²) in [7, 11) is 0. The van der Waals surface area contributed by atoms with Gasteiger partial charge in [-0.2, -0.15) is 0 Å². The predicted molar refractivity (Wildman–Crippen MR) is 82.7 cm³/mol. The monoisotopic (exact) mass is 315 g/mol. The van der Waals surface area contributed by atoms with Crippen molar-refractivity contribution in [3.63, 3.8) is 0 Å². The van der Waals surface area contributed by atoms with E-state index in [1.165, 1.54) is 6.92 Å². The Morgan fingerprint density at radius 2 is 1.90 bits per heavy atom. The van der Waals surface area contributed by atoms with Crippen LogP contribution in [0.2, 0.25) is 0 Å². The van der Waals surface area contributed by atoms with Gasteiger partial charge in [0.1, 0.15) is 12.1 Å². The Kier molecular flexibility index (Phi) is 9.41. The van der Waals surface area contributed by atoms with E-state index in [0.29, 0.717) is 12.8 Å². The van der Waals surface area contributed by atoms with E-state index in [-0.39, 0.29) is 19.0 Å². The molecule has 0 aliphatic carbocycles. The standard InChI is InChI=1S/C15H21NO4.ClH/c1-3-20-15(19)13(16-11(2)14(17)18)10-9-12-7-5-4-6-8-12;/h4-8,11,13,16H,3,9-10H2,1-2H3,(H,17,18);1H/t11-,13-;/m0./s1. The zero-order valence-electron chi connectivity index (χ0n) is 12.2. The highest BCUT2D eigenvalue weighted by molar-refractivity contribution is 5.85. The second-order valence-corrected chi connectivity index (χ2v) is 4.56. The van der Waals surface area contributed by atoms with Crippen molar-refractivity contribution < 1.29 is 19.4 Å². The number of aryl methyl sites for hydroxylation is 1. The van der Waals surface area contributed by atoms with Crippen molar-refractivity contribution in [1.82, 2.24) is 5.32 Å². The minimum Gasteiger partial charge on any atom is -0.480 e. The lowest BCUT2D eigenvalue weighted by Gasteiger charge is -2.19. The van der Waals surface area contributed by atoms with Crippen molar-refractivity contribution in [2.45, 2.75) is 38.8 Å². The molecule has 1 rings (SSSR count). The number of aliphatic carboxylic acids is 1.